The smallest absolute Gasteiger partial charge is 0.331 e. The van der Waals surface area contributed by atoms with Gasteiger partial charge in [-0.05, 0) is 18.1 Å². The molecule has 0 aliphatic carbocycles. The predicted molar refractivity (Wildman–Crippen MR) is 96.7 cm³/mol. The Morgan fingerprint density at radius 1 is 1.27 bits per heavy atom. The average Bonchev–Trinajstić information content (AvgIpc) is 3.01. The van der Waals surface area contributed by atoms with Crippen molar-refractivity contribution in [2.75, 3.05) is 20.3 Å². The first-order valence-corrected chi connectivity index (χ1v) is 8.49. The number of nitrogens with one attached hydrogen (secondary N) is 3. The third kappa shape index (κ3) is 2.54. The number of hydrogen-bond acceptors (Lipinski definition) is 5. The van der Waals surface area contributed by atoms with E-state index in [0.717, 1.165) is 33.1 Å². The van der Waals surface area contributed by atoms with E-state index in [1.807, 2.05) is 24.3 Å². The molecule has 1 atom stereocenters. The molecule has 0 radical (unpaired) electrons. The maximum absolute atomic E-state index is 12.5. The van der Waals surface area contributed by atoms with Gasteiger partial charge in [0, 0.05) is 30.3 Å². The summed E-state index contributed by atoms with van der Waals surface area (Å²) in [6.07, 6.45) is 0.817. The van der Waals surface area contributed by atoms with Crippen LogP contribution in [0.4, 0.5) is 0 Å². The molecule has 4 N–H and O–H groups in total. The molecule has 1 aliphatic rings. The second-order valence-electron chi connectivity index (χ2n) is 6.34. The maximum Gasteiger partial charge on any atom is 0.331 e. The Labute approximate surface area is 148 Å². The van der Waals surface area contributed by atoms with E-state index in [0.29, 0.717) is 6.54 Å². The van der Waals surface area contributed by atoms with Crippen LogP contribution in [0.3, 0.4) is 0 Å². The van der Waals surface area contributed by atoms with Crippen molar-refractivity contribution in [2.45, 2.75) is 19.0 Å². The van der Waals surface area contributed by atoms with E-state index in [-0.39, 0.29) is 24.6 Å². The molecule has 1 aromatic carbocycles. The van der Waals surface area contributed by atoms with Crippen molar-refractivity contribution in [1.82, 2.24) is 19.9 Å². The number of aromatic amines is 2. The van der Waals surface area contributed by atoms with Crippen LogP contribution >= 0.6 is 0 Å². The molecule has 3 heterocycles. The fourth-order valence-electron chi connectivity index (χ4n) is 3.65. The number of rotatable bonds is 4. The van der Waals surface area contributed by atoms with Crippen LogP contribution in [0, 0.1) is 0 Å². The van der Waals surface area contributed by atoms with Gasteiger partial charge in [-0.25, -0.2) is 4.79 Å². The van der Waals surface area contributed by atoms with Crippen LogP contribution in [0.5, 0.6) is 5.88 Å². The Bertz CT molecular complexity index is 1080. The summed E-state index contributed by atoms with van der Waals surface area (Å²) in [7, 11) is 1.51. The van der Waals surface area contributed by atoms with Crippen LogP contribution in [-0.2, 0) is 17.7 Å². The van der Waals surface area contributed by atoms with E-state index in [4.69, 9.17) is 4.74 Å². The lowest BCUT2D eigenvalue weighted by Crippen LogP contribution is -2.39. The van der Waals surface area contributed by atoms with Crippen LogP contribution in [0.1, 0.15) is 22.9 Å². The first-order valence-electron chi connectivity index (χ1n) is 8.49. The van der Waals surface area contributed by atoms with Crippen LogP contribution in [-0.4, -0.2) is 39.9 Å². The van der Waals surface area contributed by atoms with Gasteiger partial charge in [0.2, 0.25) is 5.88 Å². The first-order chi connectivity index (χ1) is 12.6. The SMILES string of the molecule is COCCn1c(O)c([C@@H]2NCCc3c2[nH]c2ccccc32)c(=O)[nH]c1=O. The molecule has 8 nitrogen and oxygen atoms in total. The Hall–Kier alpha value is -2.84. The molecular weight excluding hydrogens is 336 g/mol. The fourth-order valence-corrected chi connectivity index (χ4v) is 3.65. The van der Waals surface area contributed by atoms with Crippen molar-refractivity contribution in [3.8, 4) is 5.88 Å². The van der Waals surface area contributed by atoms with Gasteiger partial charge in [0.25, 0.3) is 5.56 Å². The highest BCUT2D eigenvalue weighted by molar-refractivity contribution is 5.85. The lowest BCUT2D eigenvalue weighted by molar-refractivity contribution is 0.181. The zero-order chi connectivity index (χ0) is 18.3. The van der Waals surface area contributed by atoms with Crippen LogP contribution in [0.2, 0.25) is 0 Å². The third-order valence-corrected chi connectivity index (χ3v) is 4.87. The summed E-state index contributed by atoms with van der Waals surface area (Å²) < 4.78 is 6.11. The number of hydrogen-bond donors (Lipinski definition) is 4. The quantitative estimate of drug-likeness (QED) is 0.547. The predicted octanol–water partition coefficient (Wildman–Crippen LogP) is 0.605. The number of ether oxygens (including phenoxy) is 1. The molecule has 26 heavy (non-hydrogen) atoms. The summed E-state index contributed by atoms with van der Waals surface area (Å²) in [5, 5.41) is 15.1. The van der Waals surface area contributed by atoms with E-state index in [9.17, 15) is 14.7 Å². The van der Waals surface area contributed by atoms with E-state index in [1.165, 1.54) is 7.11 Å². The summed E-state index contributed by atoms with van der Waals surface area (Å²) in [6, 6.07) is 7.42. The molecule has 8 heteroatoms. The minimum absolute atomic E-state index is 0.133. The van der Waals surface area contributed by atoms with Gasteiger partial charge in [-0.3, -0.25) is 14.3 Å². The van der Waals surface area contributed by atoms with E-state index < -0.39 is 17.3 Å². The molecule has 4 rings (SSSR count). The van der Waals surface area contributed by atoms with Gasteiger partial charge < -0.3 is 20.1 Å². The second kappa shape index (κ2) is 6.47. The van der Waals surface area contributed by atoms with Crippen molar-refractivity contribution in [1.29, 1.82) is 0 Å². The molecule has 0 bridgehead atoms. The van der Waals surface area contributed by atoms with Gasteiger partial charge in [-0.1, -0.05) is 18.2 Å². The molecule has 2 aromatic heterocycles. The van der Waals surface area contributed by atoms with Crippen LogP contribution in [0.25, 0.3) is 10.9 Å². The van der Waals surface area contributed by atoms with Gasteiger partial charge in [-0.15, -0.1) is 0 Å². The van der Waals surface area contributed by atoms with Gasteiger partial charge in [0.1, 0.15) is 5.56 Å². The Morgan fingerprint density at radius 3 is 2.88 bits per heavy atom. The van der Waals surface area contributed by atoms with Gasteiger partial charge >= 0.3 is 5.69 Å². The summed E-state index contributed by atoms with van der Waals surface area (Å²) >= 11 is 0. The zero-order valence-corrected chi connectivity index (χ0v) is 14.3. The summed E-state index contributed by atoms with van der Waals surface area (Å²) in [6.45, 7) is 1.06. The highest BCUT2D eigenvalue weighted by Gasteiger charge is 2.30. The number of nitrogens with zero attached hydrogens (tertiary/aromatic N) is 1. The Balaban J connectivity index is 1.90. The number of H-pyrrole nitrogens is 2. The molecule has 0 amide bonds. The van der Waals surface area contributed by atoms with E-state index in [2.05, 4.69) is 15.3 Å². The highest BCUT2D eigenvalue weighted by atomic mass is 16.5. The molecular formula is C18H20N4O4. The molecule has 136 valence electrons. The van der Waals surface area contributed by atoms with Crippen LogP contribution < -0.4 is 16.6 Å². The fraction of sp³-hybridized carbons (Fsp3) is 0.333. The van der Waals surface area contributed by atoms with Crippen molar-refractivity contribution >= 4 is 10.9 Å². The maximum atomic E-state index is 12.5. The molecule has 3 aromatic rings. The van der Waals surface area contributed by atoms with E-state index >= 15 is 0 Å². The number of aromatic hydroxyl groups is 1. The zero-order valence-electron chi connectivity index (χ0n) is 14.3. The molecule has 0 saturated heterocycles. The average molecular weight is 356 g/mol. The van der Waals surface area contributed by atoms with Crippen molar-refractivity contribution in [2.24, 2.45) is 0 Å². The third-order valence-electron chi connectivity index (χ3n) is 4.87. The Morgan fingerprint density at radius 2 is 2.08 bits per heavy atom. The number of methoxy groups -OCH3 is 1. The summed E-state index contributed by atoms with van der Waals surface area (Å²) in [4.78, 5) is 30.2. The monoisotopic (exact) mass is 356 g/mol. The van der Waals surface area contributed by atoms with Crippen molar-refractivity contribution < 1.29 is 9.84 Å². The summed E-state index contributed by atoms with van der Waals surface area (Å²) in [5.41, 5.74) is 1.84. The first kappa shape index (κ1) is 16.6. The lowest BCUT2D eigenvalue weighted by atomic mass is 9.95. The van der Waals surface area contributed by atoms with Gasteiger partial charge in [-0.2, -0.15) is 0 Å². The molecule has 0 spiro atoms. The molecule has 0 fully saturated rings. The number of fused-ring (bicyclic) bond motifs is 3. The summed E-state index contributed by atoms with van der Waals surface area (Å²) in [5.74, 6) is -0.334. The van der Waals surface area contributed by atoms with Gasteiger partial charge in [0.15, 0.2) is 0 Å². The van der Waals surface area contributed by atoms with Crippen molar-refractivity contribution in [3.05, 3.63) is 61.9 Å². The minimum Gasteiger partial charge on any atom is -0.494 e. The molecule has 0 saturated carbocycles. The van der Waals surface area contributed by atoms with Gasteiger partial charge in [0.05, 0.1) is 19.2 Å². The molecule has 0 unspecified atom stereocenters. The van der Waals surface area contributed by atoms with Crippen LogP contribution in [0.15, 0.2) is 33.9 Å². The largest absolute Gasteiger partial charge is 0.494 e. The number of benzene rings is 1. The lowest BCUT2D eigenvalue weighted by Gasteiger charge is -2.25. The van der Waals surface area contributed by atoms with E-state index in [1.54, 1.807) is 0 Å². The topological polar surface area (TPSA) is 112 Å². The molecule has 1 aliphatic heterocycles. The number of para-hydroxylation sites is 1. The Kier molecular flexibility index (Phi) is 4.14. The number of aromatic nitrogens is 3. The highest BCUT2D eigenvalue weighted by Crippen LogP contribution is 2.34. The minimum atomic E-state index is -0.652. The standard InChI is InChI=1S/C18H20N4O4/c1-26-9-8-22-17(24)13(16(23)21-18(22)25)15-14-11(6-7-19-15)10-4-2-3-5-12(10)20-14/h2-5,15,19-20,24H,6-9H2,1H3,(H,21,23,25)/t15-/m0/s1. The van der Waals surface area contributed by atoms with Crippen molar-refractivity contribution in [3.63, 3.8) is 0 Å². The second-order valence-corrected chi connectivity index (χ2v) is 6.34. The normalized spacial score (nSPS) is 16.7.